The van der Waals surface area contributed by atoms with Gasteiger partial charge in [-0.05, 0) is 37.4 Å². The summed E-state index contributed by atoms with van der Waals surface area (Å²) in [4.78, 5) is 15.0. The van der Waals surface area contributed by atoms with E-state index < -0.39 is 17.1 Å². The van der Waals surface area contributed by atoms with Gasteiger partial charge in [0.25, 0.3) is 0 Å². The molecule has 4 rings (SSSR count). The zero-order valence-corrected chi connectivity index (χ0v) is 15.5. The maximum Gasteiger partial charge on any atom is 0.174 e. The summed E-state index contributed by atoms with van der Waals surface area (Å²) in [6, 6.07) is 3.97. The number of aryl methyl sites for hydroxylation is 1. The average Bonchev–Trinajstić information content (AvgIpc) is 2.95. The van der Waals surface area contributed by atoms with E-state index in [1.807, 2.05) is 13.1 Å². The maximum absolute atomic E-state index is 12.9. The van der Waals surface area contributed by atoms with E-state index in [0.29, 0.717) is 30.9 Å². The van der Waals surface area contributed by atoms with Crippen molar-refractivity contribution < 1.29 is 19.4 Å². The molecule has 0 radical (unpaired) electrons. The third-order valence-electron chi connectivity index (χ3n) is 6.61. The van der Waals surface area contributed by atoms with E-state index in [0.717, 1.165) is 24.1 Å². The number of piperidine rings is 1. The third-order valence-corrected chi connectivity index (χ3v) is 6.61. The molecule has 2 heterocycles. The van der Waals surface area contributed by atoms with Crippen LogP contribution in [-0.2, 0) is 16.6 Å². The quantitative estimate of drug-likeness (QED) is 0.888. The second kappa shape index (κ2) is 5.45. The van der Waals surface area contributed by atoms with Crippen molar-refractivity contribution in [2.45, 2.75) is 50.2 Å². The van der Waals surface area contributed by atoms with E-state index in [4.69, 9.17) is 9.47 Å². The van der Waals surface area contributed by atoms with Crippen LogP contribution >= 0.6 is 0 Å². The Labute approximate surface area is 148 Å². The van der Waals surface area contributed by atoms with E-state index in [9.17, 15) is 9.90 Å². The fourth-order valence-electron chi connectivity index (χ4n) is 5.73. The number of hydrogen-bond donors (Lipinski definition) is 1. The highest BCUT2D eigenvalue weighted by molar-refractivity contribution is 5.89. The van der Waals surface area contributed by atoms with Crippen molar-refractivity contribution >= 4 is 5.78 Å². The van der Waals surface area contributed by atoms with Gasteiger partial charge in [-0.25, -0.2) is 0 Å². The monoisotopic (exact) mass is 345 g/mol. The third kappa shape index (κ3) is 1.94. The van der Waals surface area contributed by atoms with Crippen molar-refractivity contribution in [3.05, 3.63) is 23.3 Å². The second-order valence-electron chi connectivity index (χ2n) is 7.95. The van der Waals surface area contributed by atoms with Gasteiger partial charge < -0.3 is 19.5 Å². The molecule has 3 aliphatic rings. The van der Waals surface area contributed by atoms with Crippen molar-refractivity contribution in [1.29, 1.82) is 0 Å². The van der Waals surface area contributed by atoms with E-state index >= 15 is 0 Å². The number of likely N-dealkylation sites (tertiary alicyclic amines) is 1. The van der Waals surface area contributed by atoms with Gasteiger partial charge in [0, 0.05) is 25.1 Å². The van der Waals surface area contributed by atoms with Gasteiger partial charge in [0.15, 0.2) is 23.4 Å². The van der Waals surface area contributed by atoms with Crippen LogP contribution in [0.1, 0.15) is 37.8 Å². The minimum absolute atomic E-state index is 0.0985. The highest BCUT2D eigenvalue weighted by Gasteiger charge is 2.70. The van der Waals surface area contributed by atoms with E-state index in [2.05, 4.69) is 24.8 Å². The number of benzene rings is 1. The number of Topliss-reactive ketones (excluding diaryl/α,β-unsaturated/α-hetero) is 1. The molecule has 5 heteroatoms. The molecule has 0 amide bonds. The fourth-order valence-corrected chi connectivity index (χ4v) is 5.73. The number of aliphatic hydroxyl groups is 1. The molecule has 1 N–H and O–H groups in total. The summed E-state index contributed by atoms with van der Waals surface area (Å²) < 4.78 is 11.8. The molecule has 1 aromatic carbocycles. The smallest absolute Gasteiger partial charge is 0.174 e. The summed E-state index contributed by atoms with van der Waals surface area (Å²) in [6.45, 7) is 5.64. The van der Waals surface area contributed by atoms with Gasteiger partial charge in [0.05, 0.1) is 18.1 Å². The first-order chi connectivity index (χ1) is 11.9. The SMILES string of the molecule is CCc1ccc(OC)c2c1[C@]13C(C)CN(C)C[C@]1(O)CCC(=O)[C@@H]3O2. The average molecular weight is 345 g/mol. The van der Waals surface area contributed by atoms with E-state index in [-0.39, 0.29) is 11.7 Å². The van der Waals surface area contributed by atoms with Crippen LogP contribution in [-0.4, -0.2) is 54.7 Å². The molecule has 0 aromatic heterocycles. The molecule has 1 spiro atoms. The predicted octanol–water partition coefficient (Wildman–Crippen LogP) is 1.93. The number of fused-ring (bicyclic) bond motifs is 1. The Morgan fingerprint density at radius 2 is 2.20 bits per heavy atom. The first-order valence-corrected chi connectivity index (χ1v) is 9.19. The molecule has 136 valence electrons. The molecule has 0 bridgehead atoms. The normalized spacial score (nSPS) is 37.1. The first kappa shape index (κ1) is 16.9. The Kier molecular flexibility index (Phi) is 3.68. The highest BCUT2D eigenvalue weighted by Crippen LogP contribution is 2.62. The molecule has 25 heavy (non-hydrogen) atoms. The number of β-amino-alcohol motifs (C(OH)–C–C–N with tert-alkyl or cyclic N) is 1. The Bertz CT molecular complexity index is 733. The van der Waals surface area contributed by atoms with Crippen molar-refractivity contribution in [2.75, 3.05) is 27.2 Å². The van der Waals surface area contributed by atoms with Crippen LogP contribution in [0.4, 0.5) is 0 Å². The van der Waals surface area contributed by atoms with E-state index in [1.165, 1.54) is 0 Å². The van der Waals surface area contributed by atoms with Gasteiger partial charge in [0.2, 0.25) is 0 Å². The number of ether oxygens (including phenoxy) is 2. The van der Waals surface area contributed by atoms with Crippen LogP contribution < -0.4 is 9.47 Å². The minimum atomic E-state index is -0.973. The first-order valence-electron chi connectivity index (χ1n) is 9.19. The zero-order valence-electron chi connectivity index (χ0n) is 15.5. The summed E-state index contributed by atoms with van der Waals surface area (Å²) in [6.07, 6.45) is 1.06. The fraction of sp³-hybridized carbons (Fsp3) is 0.650. The van der Waals surface area contributed by atoms with Crippen LogP contribution in [0.5, 0.6) is 11.5 Å². The van der Waals surface area contributed by atoms with Gasteiger partial charge in [-0.2, -0.15) is 0 Å². The number of ketones is 1. The minimum Gasteiger partial charge on any atom is -0.493 e. The van der Waals surface area contributed by atoms with Gasteiger partial charge in [-0.15, -0.1) is 0 Å². The summed E-state index contributed by atoms with van der Waals surface area (Å²) >= 11 is 0. The van der Waals surface area contributed by atoms with E-state index in [1.54, 1.807) is 7.11 Å². The molecule has 1 saturated heterocycles. The summed E-state index contributed by atoms with van der Waals surface area (Å²) in [5.74, 6) is 1.51. The number of rotatable bonds is 2. The van der Waals surface area contributed by atoms with Crippen molar-refractivity contribution in [3.8, 4) is 11.5 Å². The lowest BCUT2D eigenvalue weighted by Crippen LogP contribution is -2.73. The highest BCUT2D eigenvalue weighted by atomic mass is 16.5. The molecule has 2 aliphatic heterocycles. The van der Waals surface area contributed by atoms with Gasteiger partial charge in [-0.1, -0.05) is 19.9 Å². The van der Waals surface area contributed by atoms with Crippen LogP contribution in [0, 0.1) is 5.92 Å². The van der Waals surface area contributed by atoms with Crippen LogP contribution in [0.25, 0.3) is 0 Å². The van der Waals surface area contributed by atoms with Crippen LogP contribution in [0.2, 0.25) is 0 Å². The Balaban J connectivity index is 2.05. The molecular formula is C20H27NO4. The Hall–Kier alpha value is -1.59. The molecule has 1 unspecified atom stereocenters. The Morgan fingerprint density at radius 3 is 2.88 bits per heavy atom. The standard InChI is InChI=1S/C20H27NO4/c1-5-13-6-7-15(24-4)17-16(13)20-12(2)10-21(3)11-19(20,23)9-8-14(22)18(20)25-17/h6-7,12,18,23H,5,8-11H2,1-4H3/t12?,18-,19+,20-/m0/s1. The summed E-state index contributed by atoms with van der Waals surface area (Å²) in [5, 5.41) is 11.8. The number of nitrogens with zero attached hydrogens (tertiary/aromatic N) is 1. The summed E-state index contributed by atoms with van der Waals surface area (Å²) in [7, 11) is 3.66. The summed E-state index contributed by atoms with van der Waals surface area (Å²) in [5.41, 5.74) is 0.488. The van der Waals surface area contributed by atoms with Crippen LogP contribution in [0.15, 0.2) is 12.1 Å². The van der Waals surface area contributed by atoms with Crippen molar-refractivity contribution in [2.24, 2.45) is 5.92 Å². The molecule has 4 atom stereocenters. The number of hydrogen-bond acceptors (Lipinski definition) is 5. The van der Waals surface area contributed by atoms with Gasteiger partial charge >= 0.3 is 0 Å². The Morgan fingerprint density at radius 1 is 1.44 bits per heavy atom. The van der Waals surface area contributed by atoms with Gasteiger partial charge in [0.1, 0.15) is 0 Å². The predicted molar refractivity (Wildman–Crippen MR) is 94.3 cm³/mol. The molecular weight excluding hydrogens is 318 g/mol. The number of likely N-dealkylation sites (N-methyl/N-ethyl adjacent to an activating group) is 1. The molecule has 1 aliphatic carbocycles. The number of carbonyl (C=O) groups is 1. The second-order valence-corrected chi connectivity index (χ2v) is 7.95. The van der Waals surface area contributed by atoms with Gasteiger partial charge in [-0.3, -0.25) is 4.79 Å². The largest absolute Gasteiger partial charge is 0.493 e. The number of methoxy groups -OCH3 is 1. The lowest BCUT2D eigenvalue weighted by Gasteiger charge is -2.58. The maximum atomic E-state index is 12.9. The topological polar surface area (TPSA) is 59.0 Å². The molecule has 5 nitrogen and oxygen atoms in total. The zero-order chi connectivity index (χ0) is 18.0. The van der Waals surface area contributed by atoms with Crippen molar-refractivity contribution in [1.82, 2.24) is 4.90 Å². The lowest BCUT2D eigenvalue weighted by atomic mass is 9.51. The molecule has 2 fully saturated rings. The van der Waals surface area contributed by atoms with Crippen LogP contribution in [0.3, 0.4) is 0 Å². The number of carbonyl (C=O) groups excluding carboxylic acids is 1. The van der Waals surface area contributed by atoms with Crippen molar-refractivity contribution in [3.63, 3.8) is 0 Å². The molecule has 1 aromatic rings. The lowest BCUT2D eigenvalue weighted by molar-refractivity contribution is -0.175. The molecule has 1 saturated carbocycles.